The fourth-order valence-electron chi connectivity index (χ4n) is 3.99. The molecule has 7 heteroatoms. The fourth-order valence-corrected chi connectivity index (χ4v) is 5.60. The highest BCUT2D eigenvalue weighted by atomic mass is 32.2. The van der Waals surface area contributed by atoms with Gasteiger partial charge >= 0.3 is 0 Å². The topological polar surface area (TPSA) is 62.3 Å². The molecule has 0 bridgehead atoms. The minimum absolute atomic E-state index is 0.119. The summed E-state index contributed by atoms with van der Waals surface area (Å²) in [7, 11) is 1.91. The Kier molecular flexibility index (Phi) is 7.60. The zero-order chi connectivity index (χ0) is 22.3. The van der Waals surface area contributed by atoms with Gasteiger partial charge in [0.15, 0.2) is 0 Å². The van der Waals surface area contributed by atoms with E-state index in [2.05, 4.69) is 10.3 Å². The summed E-state index contributed by atoms with van der Waals surface area (Å²) < 4.78 is 0. The predicted octanol–water partition coefficient (Wildman–Crippen LogP) is 5.95. The van der Waals surface area contributed by atoms with Gasteiger partial charge in [-0.3, -0.25) is 9.59 Å². The summed E-state index contributed by atoms with van der Waals surface area (Å²) in [6.07, 6.45) is 7.61. The highest BCUT2D eigenvalue weighted by Gasteiger charge is 2.22. The average molecular weight is 466 g/mol. The second-order valence-electron chi connectivity index (χ2n) is 7.95. The highest BCUT2D eigenvalue weighted by molar-refractivity contribution is 8.00. The number of carbonyl (C=O) groups is 2. The van der Waals surface area contributed by atoms with Crippen LogP contribution < -0.4 is 5.32 Å². The van der Waals surface area contributed by atoms with Crippen molar-refractivity contribution in [1.82, 2.24) is 9.88 Å². The third kappa shape index (κ3) is 5.58. The summed E-state index contributed by atoms with van der Waals surface area (Å²) in [4.78, 5) is 32.8. The third-order valence-electron chi connectivity index (χ3n) is 5.80. The number of amides is 2. The van der Waals surface area contributed by atoms with Crippen molar-refractivity contribution in [3.05, 3.63) is 65.7 Å². The number of benzene rings is 2. The Morgan fingerprint density at radius 2 is 1.94 bits per heavy atom. The first-order valence-corrected chi connectivity index (χ1v) is 12.8. The molecular weight excluding hydrogens is 438 g/mol. The lowest BCUT2D eigenvalue weighted by atomic mass is 9.94. The molecule has 0 radical (unpaired) electrons. The Morgan fingerprint density at radius 1 is 1.12 bits per heavy atom. The van der Waals surface area contributed by atoms with Crippen LogP contribution in [0, 0.1) is 0 Å². The van der Waals surface area contributed by atoms with E-state index in [1.807, 2.05) is 59.8 Å². The lowest BCUT2D eigenvalue weighted by Gasteiger charge is -2.31. The molecule has 166 valence electrons. The zero-order valence-electron chi connectivity index (χ0n) is 18.1. The number of thioether (sulfide) groups is 1. The third-order valence-corrected chi connectivity index (χ3v) is 7.68. The van der Waals surface area contributed by atoms with Crippen molar-refractivity contribution >= 4 is 40.6 Å². The van der Waals surface area contributed by atoms with Crippen molar-refractivity contribution < 1.29 is 9.59 Å². The predicted molar refractivity (Wildman–Crippen MR) is 132 cm³/mol. The molecule has 4 rings (SSSR count). The molecule has 2 amide bonds. The molecule has 1 aliphatic carbocycles. The molecule has 0 atom stereocenters. The second-order valence-corrected chi connectivity index (χ2v) is 9.87. The molecule has 1 saturated carbocycles. The van der Waals surface area contributed by atoms with Gasteiger partial charge in [-0.05, 0) is 37.1 Å². The summed E-state index contributed by atoms with van der Waals surface area (Å²) >= 11 is 2.99. The van der Waals surface area contributed by atoms with E-state index in [4.69, 9.17) is 0 Å². The molecule has 5 nitrogen and oxygen atoms in total. The molecule has 1 aliphatic rings. The number of hydrogen-bond donors (Lipinski definition) is 1. The monoisotopic (exact) mass is 465 g/mol. The molecule has 0 unspecified atom stereocenters. The van der Waals surface area contributed by atoms with Gasteiger partial charge in [-0.2, -0.15) is 0 Å². The first-order valence-electron chi connectivity index (χ1n) is 10.9. The molecule has 2 aromatic carbocycles. The van der Waals surface area contributed by atoms with Crippen LogP contribution in [0.1, 0.15) is 42.5 Å². The summed E-state index contributed by atoms with van der Waals surface area (Å²) in [6, 6.07) is 15.5. The van der Waals surface area contributed by atoms with Gasteiger partial charge in [-0.1, -0.05) is 43.5 Å². The van der Waals surface area contributed by atoms with Crippen molar-refractivity contribution in [2.24, 2.45) is 0 Å². The van der Waals surface area contributed by atoms with Crippen LogP contribution in [-0.4, -0.2) is 40.5 Å². The lowest BCUT2D eigenvalue weighted by Crippen LogP contribution is -2.39. The first-order chi connectivity index (χ1) is 15.6. The summed E-state index contributed by atoms with van der Waals surface area (Å²) in [6.45, 7) is 0. The first kappa shape index (κ1) is 22.6. The Hall–Kier alpha value is -2.64. The van der Waals surface area contributed by atoms with E-state index in [1.54, 1.807) is 23.6 Å². The van der Waals surface area contributed by atoms with Crippen LogP contribution in [0.15, 0.2) is 65.0 Å². The molecule has 3 aromatic rings. The van der Waals surface area contributed by atoms with Gasteiger partial charge in [0.2, 0.25) is 5.91 Å². The van der Waals surface area contributed by atoms with Crippen LogP contribution in [0.3, 0.4) is 0 Å². The highest BCUT2D eigenvalue weighted by Crippen LogP contribution is 2.28. The van der Waals surface area contributed by atoms with Crippen molar-refractivity contribution in [2.75, 3.05) is 18.1 Å². The lowest BCUT2D eigenvalue weighted by molar-refractivity contribution is -0.129. The maximum Gasteiger partial charge on any atom is 0.256 e. The van der Waals surface area contributed by atoms with Crippen molar-refractivity contribution in [2.45, 2.75) is 43.0 Å². The van der Waals surface area contributed by atoms with Gasteiger partial charge in [-0.15, -0.1) is 23.1 Å². The average Bonchev–Trinajstić information content (AvgIpc) is 3.38. The second kappa shape index (κ2) is 10.8. The fraction of sp³-hybridized carbons (Fsp3) is 0.320. The minimum Gasteiger partial charge on any atom is -0.342 e. The van der Waals surface area contributed by atoms with E-state index in [9.17, 15) is 9.59 Å². The number of anilines is 1. The summed E-state index contributed by atoms with van der Waals surface area (Å²) in [5.74, 6) is 0.266. The van der Waals surface area contributed by atoms with Crippen LogP contribution in [0.4, 0.5) is 5.69 Å². The quantitative estimate of drug-likeness (QED) is 0.438. The summed E-state index contributed by atoms with van der Waals surface area (Å²) in [5, 5.41) is 5.84. The molecule has 1 aromatic heterocycles. The van der Waals surface area contributed by atoms with Crippen molar-refractivity contribution in [1.29, 1.82) is 0 Å². The van der Waals surface area contributed by atoms with E-state index >= 15 is 0 Å². The molecule has 1 heterocycles. The number of nitrogens with zero attached hydrogens (tertiary/aromatic N) is 2. The number of thiazole rings is 1. The van der Waals surface area contributed by atoms with Gasteiger partial charge in [-0.25, -0.2) is 4.98 Å². The molecule has 1 fully saturated rings. The zero-order valence-corrected chi connectivity index (χ0v) is 19.8. The molecule has 0 aliphatic heterocycles. The van der Waals surface area contributed by atoms with E-state index in [0.29, 0.717) is 17.4 Å². The van der Waals surface area contributed by atoms with Crippen LogP contribution >= 0.6 is 23.1 Å². The van der Waals surface area contributed by atoms with Crippen molar-refractivity contribution in [3.63, 3.8) is 0 Å². The van der Waals surface area contributed by atoms with E-state index in [0.717, 1.165) is 34.0 Å². The number of hydrogen-bond acceptors (Lipinski definition) is 5. The maximum atomic E-state index is 13.0. The van der Waals surface area contributed by atoms with Crippen molar-refractivity contribution in [3.8, 4) is 10.6 Å². The molecule has 0 spiro atoms. The maximum absolute atomic E-state index is 13.0. The number of carbonyl (C=O) groups excluding carboxylic acids is 2. The van der Waals surface area contributed by atoms with Gasteiger partial charge < -0.3 is 10.2 Å². The Labute approximate surface area is 197 Å². The number of aromatic nitrogens is 1. The van der Waals surface area contributed by atoms with Crippen LogP contribution in [0.5, 0.6) is 0 Å². The van der Waals surface area contributed by atoms with Crippen LogP contribution in [0.2, 0.25) is 0 Å². The molecular formula is C25H27N3O2S2. The standard InChI is InChI=1S/C25H27N3O2S2/c1-28(20-10-3-2-4-11-20)23(29)17-32-22-13-6-5-12-21(22)24(30)27-19-9-7-8-18(16-19)25-26-14-15-31-25/h5-9,12-16,20H,2-4,10-11,17H2,1H3,(H,27,30). The summed E-state index contributed by atoms with van der Waals surface area (Å²) in [5.41, 5.74) is 2.26. The smallest absolute Gasteiger partial charge is 0.256 e. The Balaban J connectivity index is 1.41. The number of nitrogens with one attached hydrogen (secondary N) is 1. The van der Waals surface area contributed by atoms with Gasteiger partial charge in [0.05, 0.1) is 11.3 Å². The van der Waals surface area contributed by atoms with Gasteiger partial charge in [0, 0.05) is 40.8 Å². The molecule has 1 N–H and O–H groups in total. The molecule has 32 heavy (non-hydrogen) atoms. The SMILES string of the molecule is CN(C(=O)CSc1ccccc1C(=O)Nc1cccc(-c2nccs2)c1)C1CCCCC1. The largest absolute Gasteiger partial charge is 0.342 e. The van der Waals surface area contributed by atoms with Crippen LogP contribution in [-0.2, 0) is 4.79 Å². The minimum atomic E-state index is -0.183. The van der Waals surface area contributed by atoms with Crippen LogP contribution in [0.25, 0.3) is 10.6 Å². The van der Waals surface area contributed by atoms with E-state index in [1.165, 1.54) is 31.0 Å². The van der Waals surface area contributed by atoms with Gasteiger partial charge in [0.1, 0.15) is 5.01 Å². The van der Waals surface area contributed by atoms with E-state index in [-0.39, 0.29) is 11.8 Å². The van der Waals surface area contributed by atoms with Gasteiger partial charge in [0.25, 0.3) is 5.91 Å². The Bertz CT molecular complexity index is 1060. The normalized spacial score (nSPS) is 14.2. The number of rotatable bonds is 7. The molecule has 0 saturated heterocycles. The Morgan fingerprint density at radius 3 is 2.72 bits per heavy atom. The van der Waals surface area contributed by atoms with E-state index < -0.39 is 0 Å².